The average molecular weight is 455 g/mol. The van der Waals surface area contributed by atoms with E-state index in [0.717, 1.165) is 23.5 Å². The van der Waals surface area contributed by atoms with Crippen LogP contribution in [0.3, 0.4) is 0 Å². The first-order chi connectivity index (χ1) is 15.6. The summed E-state index contributed by atoms with van der Waals surface area (Å²) in [6.45, 7) is 9.96. The number of benzene rings is 2. The molecule has 0 saturated carbocycles. The summed E-state index contributed by atoms with van der Waals surface area (Å²) in [7, 11) is 1.98. The molecule has 2 aliphatic rings. The summed E-state index contributed by atoms with van der Waals surface area (Å²) < 4.78 is 14.1. The molecule has 1 unspecified atom stereocenters. The number of hydrogen-bond donors (Lipinski definition) is 3. The maximum atomic E-state index is 14.1. The molecule has 0 spiro atoms. The minimum atomic E-state index is -0.894. The molecule has 4 atom stereocenters. The third-order valence-corrected chi connectivity index (χ3v) is 6.80. The number of hydrogen-bond acceptors (Lipinski definition) is 6. The Hall–Kier alpha value is -2.32. The van der Waals surface area contributed by atoms with E-state index in [0.29, 0.717) is 18.5 Å². The number of nitrogens with one attached hydrogen (secondary N) is 2. The number of nitrogens with zero attached hydrogens (tertiary/aromatic N) is 2. The molecule has 1 fully saturated rings. The maximum Gasteiger partial charge on any atom is 0.209 e. The first-order valence-electron chi connectivity index (χ1n) is 11.6. The van der Waals surface area contributed by atoms with Crippen LogP contribution in [0.1, 0.15) is 39.7 Å². The van der Waals surface area contributed by atoms with E-state index in [4.69, 9.17) is 9.83 Å². The molecule has 6 nitrogen and oxygen atoms in total. The predicted molar refractivity (Wildman–Crippen MR) is 129 cm³/mol. The lowest BCUT2D eigenvalue weighted by Crippen LogP contribution is -2.51. The minimum Gasteiger partial charge on any atom is -0.392 e. The molecule has 2 aliphatic heterocycles. The molecule has 0 aromatic heterocycles. The van der Waals surface area contributed by atoms with Gasteiger partial charge >= 0.3 is 0 Å². The van der Waals surface area contributed by atoms with Gasteiger partial charge in [-0.15, -0.1) is 0 Å². The second kappa shape index (κ2) is 9.14. The Bertz CT molecular complexity index is 1000. The summed E-state index contributed by atoms with van der Waals surface area (Å²) in [6.07, 6.45) is 0.210. The largest absolute Gasteiger partial charge is 0.392 e. The zero-order valence-electron chi connectivity index (χ0n) is 20.1. The van der Waals surface area contributed by atoms with Gasteiger partial charge in [-0.05, 0) is 37.4 Å². The number of aliphatic hydroxyl groups is 1. The molecule has 3 N–H and O–H groups in total. The topological polar surface area (TPSA) is 69.1 Å². The van der Waals surface area contributed by atoms with E-state index in [9.17, 15) is 9.50 Å². The van der Waals surface area contributed by atoms with Crippen LogP contribution in [0.5, 0.6) is 0 Å². The Morgan fingerprint density at radius 3 is 2.58 bits per heavy atom. The van der Waals surface area contributed by atoms with Gasteiger partial charge in [0.25, 0.3) is 0 Å². The summed E-state index contributed by atoms with van der Waals surface area (Å²) in [6, 6.07) is 14.6. The SMILES string of the molecule is CN[C@H](CN1C[C@H](O)C[C@H]1C1=NC(C)(c2ccc(-c3ccccc3F)cc2)ON1)C(C)(C)C. The lowest BCUT2D eigenvalue weighted by atomic mass is 9.86. The highest BCUT2D eigenvalue weighted by molar-refractivity contribution is 5.88. The monoisotopic (exact) mass is 454 g/mol. The Kier molecular flexibility index (Phi) is 6.60. The van der Waals surface area contributed by atoms with Crippen LogP contribution in [0.4, 0.5) is 4.39 Å². The van der Waals surface area contributed by atoms with Gasteiger partial charge in [-0.2, -0.15) is 0 Å². The van der Waals surface area contributed by atoms with Crippen molar-refractivity contribution in [1.82, 2.24) is 15.7 Å². The molecule has 4 rings (SSSR count). The van der Waals surface area contributed by atoms with Crippen LogP contribution in [-0.2, 0) is 10.6 Å². The van der Waals surface area contributed by atoms with Gasteiger partial charge in [-0.1, -0.05) is 63.2 Å². The van der Waals surface area contributed by atoms with Crippen LogP contribution in [0, 0.1) is 11.2 Å². The molecule has 1 saturated heterocycles. The van der Waals surface area contributed by atoms with E-state index < -0.39 is 11.8 Å². The van der Waals surface area contributed by atoms with Crippen LogP contribution < -0.4 is 10.8 Å². The van der Waals surface area contributed by atoms with Crippen molar-refractivity contribution < 1.29 is 14.3 Å². The number of amidine groups is 1. The third kappa shape index (κ3) is 4.96. The van der Waals surface area contributed by atoms with Gasteiger partial charge in [0.05, 0.1) is 12.1 Å². The normalized spacial score (nSPS) is 26.8. The van der Waals surface area contributed by atoms with Crippen molar-refractivity contribution in [3.8, 4) is 11.1 Å². The van der Waals surface area contributed by atoms with Gasteiger partial charge in [-0.3, -0.25) is 4.90 Å². The molecule has 0 amide bonds. The molecule has 2 aromatic rings. The molecule has 33 heavy (non-hydrogen) atoms. The van der Waals surface area contributed by atoms with Crippen molar-refractivity contribution in [2.24, 2.45) is 10.4 Å². The Balaban J connectivity index is 1.54. The van der Waals surface area contributed by atoms with Crippen LogP contribution in [0.2, 0.25) is 0 Å². The van der Waals surface area contributed by atoms with E-state index in [1.54, 1.807) is 12.1 Å². The summed E-state index contributed by atoms with van der Waals surface area (Å²) in [5, 5.41) is 13.8. The highest BCUT2D eigenvalue weighted by Gasteiger charge is 2.42. The van der Waals surface area contributed by atoms with Gasteiger partial charge in [0.2, 0.25) is 5.72 Å². The van der Waals surface area contributed by atoms with Crippen molar-refractivity contribution in [2.45, 2.75) is 58.0 Å². The number of β-amino-alcohol motifs (C(OH)–C–C–N with tert-alkyl or cyclic N) is 1. The van der Waals surface area contributed by atoms with Gasteiger partial charge in [0.1, 0.15) is 11.7 Å². The molecule has 7 heteroatoms. The highest BCUT2D eigenvalue weighted by atomic mass is 19.1. The van der Waals surface area contributed by atoms with Gasteiger partial charge in [0, 0.05) is 30.3 Å². The number of halogens is 1. The summed E-state index contributed by atoms with van der Waals surface area (Å²) >= 11 is 0. The van der Waals surface area contributed by atoms with Crippen molar-refractivity contribution in [3.05, 3.63) is 59.9 Å². The van der Waals surface area contributed by atoms with Gasteiger partial charge in [0.15, 0.2) is 0 Å². The molecule has 0 radical (unpaired) electrons. The van der Waals surface area contributed by atoms with Crippen molar-refractivity contribution in [1.29, 1.82) is 0 Å². The van der Waals surface area contributed by atoms with Gasteiger partial charge in [-0.25, -0.2) is 19.7 Å². The number of aliphatic imine (C=N–C) groups is 1. The van der Waals surface area contributed by atoms with Crippen molar-refractivity contribution >= 4 is 5.84 Å². The third-order valence-electron chi connectivity index (χ3n) is 6.80. The molecule has 2 heterocycles. The van der Waals surface area contributed by atoms with Gasteiger partial charge < -0.3 is 10.4 Å². The van der Waals surface area contributed by atoms with Crippen molar-refractivity contribution in [3.63, 3.8) is 0 Å². The highest BCUT2D eigenvalue weighted by Crippen LogP contribution is 2.34. The smallest absolute Gasteiger partial charge is 0.209 e. The number of hydroxylamine groups is 1. The Morgan fingerprint density at radius 2 is 1.94 bits per heavy atom. The van der Waals surface area contributed by atoms with Crippen LogP contribution in [0.15, 0.2) is 53.5 Å². The Morgan fingerprint density at radius 1 is 1.24 bits per heavy atom. The number of likely N-dealkylation sites (N-methyl/N-ethyl adjacent to an activating group) is 1. The fraction of sp³-hybridized carbons (Fsp3) is 0.500. The molecule has 178 valence electrons. The lowest BCUT2D eigenvalue weighted by molar-refractivity contribution is -0.0462. The number of aliphatic hydroxyl groups excluding tert-OH is 1. The predicted octanol–water partition coefficient (Wildman–Crippen LogP) is 3.67. The van der Waals surface area contributed by atoms with E-state index in [-0.39, 0.29) is 23.3 Å². The van der Waals surface area contributed by atoms with Crippen molar-refractivity contribution in [2.75, 3.05) is 20.1 Å². The van der Waals surface area contributed by atoms with Crippen LogP contribution in [-0.4, -0.2) is 54.2 Å². The van der Waals surface area contributed by atoms with E-state index in [1.807, 2.05) is 44.3 Å². The summed E-state index contributed by atoms with van der Waals surface area (Å²) in [4.78, 5) is 13.1. The number of rotatable bonds is 6. The molecule has 2 aromatic carbocycles. The first kappa shape index (κ1) is 23.8. The fourth-order valence-corrected chi connectivity index (χ4v) is 4.75. The first-order valence-corrected chi connectivity index (χ1v) is 11.6. The summed E-state index contributed by atoms with van der Waals surface area (Å²) in [5.74, 6) is 0.488. The molecule has 0 aliphatic carbocycles. The zero-order chi connectivity index (χ0) is 23.8. The second-order valence-electron chi connectivity index (χ2n) is 10.3. The standard InChI is InChI=1S/C26H35FN4O2/c1-25(2,3)23(28-5)16-31-15-19(32)14-22(31)24-29-26(4,33-30-24)18-12-10-17(11-13-18)20-8-6-7-9-21(20)27/h6-13,19,22-23,28,32H,14-16H2,1-5H3,(H,29,30)/t19-,22+,23-,26?/m1/s1. The van der Waals surface area contributed by atoms with E-state index in [2.05, 4.69) is 36.5 Å². The summed E-state index contributed by atoms with van der Waals surface area (Å²) in [5.41, 5.74) is 4.48. The zero-order valence-corrected chi connectivity index (χ0v) is 20.1. The van der Waals surface area contributed by atoms with Crippen LogP contribution >= 0.6 is 0 Å². The fourth-order valence-electron chi connectivity index (χ4n) is 4.75. The Labute approximate surface area is 195 Å². The molecule has 0 bridgehead atoms. The quantitative estimate of drug-likeness (QED) is 0.622. The van der Waals surface area contributed by atoms with Crippen LogP contribution in [0.25, 0.3) is 11.1 Å². The average Bonchev–Trinajstić information content (AvgIpc) is 3.35. The van der Waals surface area contributed by atoms with E-state index in [1.165, 1.54) is 6.07 Å². The lowest BCUT2D eigenvalue weighted by Gasteiger charge is -2.35. The maximum absolute atomic E-state index is 14.1. The second-order valence-corrected chi connectivity index (χ2v) is 10.3. The van der Waals surface area contributed by atoms with E-state index >= 15 is 0 Å². The molecular formula is C26H35FN4O2. The molecular weight excluding hydrogens is 419 g/mol. The minimum absolute atomic E-state index is 0.0438. The number of likely N-dealkylation sites (tertiary alicyclic amines) is 1.